The number of carbonyl (C=O) groups excluding carboxylic acids is 1. The number of fused-ring (bicyclic) bond motifs is 3. The lowest BCUT2D eigenvalue weighted by atomic mass is 9.95. The molecule has 1 atom stereocenters. The molecule has 1 aliphatic heterocycles. The molecule has 5 nitrogen and oxygen atoms in total. The van der Waals surface area contributed by atoms with Gasteiger partial charge in [-0.05, 0) is 55.4 Å². The van der Waals surface area contributed by atoms with E-state index in [0.29, 0.717) is 18.5 Å². The number of rotatable bonds is 5. The van der Waals surface area contributed by atoms with E-state index in [9.17, 15) is 4.79 Å². The molecule has 1 saturated heterocycles. The molecule has 2 aromatic rings. The molecule has 1 aromatic heterocycles. The highest BCUT2D eigenvalue weighted by Crippen LogP contribution is 2.29. The smallest absolute Gasteiger partial charge is 0.251 e. The Morgan fingerprint density at radius 3 is 2.78 bits per heavy atom. The highest BCUT2D eigenvalue weighted by molar-refractivity contribution is 5.99. The van der Waals surface area contributed by atoms with Crippen LogP contribution in [0.1, 0.15) is 48.3 Å². The molecule has 0 unspecified atom stereocenters. The lowest BCUT2D eigenvalue weighted by molar-refractivity contribution is 0.00673. The predicted molar refractivity (Wildman–Crippen MR) is 108 cm³/mol. The minimum Gasteiger partial charge on any atom is -0.379 e. The number of hydrogen-bond donors (Lipinski definition) is 2. The number of aromatic amines is 1. The van der Waals surface area contributed by atoms with E-state index >= 15 is 0 Å². The van der Waals surface area contributed by atoms with Gasteiger partial charge < -0.3 is 15.0 Å². The summed E-state index contributed by atoms with van der Waals surface area (Å²) < 4.78 is 5.47. The normalized spacial score (nSPS) is 19.2. The van der Waals surface area contributed by atoms with Gasteiger partial charge in [-0.3, -0.25) is 9.69 Å². The van der Waals surface area contributed by atoms with Gasteiger partial charge in [0.15, 0.2) is 0 Å². The molecule has 146 valence electrons. The summed E-state index contributed by atoms with van der Waals surface area (Å²) >= 11 is 0. The van der Waals surface area contributed by atoms with Crippen LogP contribution in [0.2, 0.25) is 0 Å². The van der Waals surface area contributed by atoms with Crippen molar-refractivity contribution in [3.8, 4) is 0 Å². The quantitative estimate of drug-likeness (QED) is 0.851. The number of H-pyrrole nitrogens is 1. The molecule has 1 fully saturated rings. The molecule has 2 aliphatic rings. The van der Waals surface area contributed by atoms with Crippen molar-refractivity contribution in [1.29, 1.82) is 0 Å². The second kappa shape index (κ2) is 8.03. The first-order valence-corrected chi connectivity index (χ1v) is 10.4. The maximum absolute atomic E-state index is 12.8. The van der Waals surface area contributed by atoms with Crippen LogP contribution in [0.15, 0.2) is 18.2 Å². The van der Waals surface area contributed by atoms with E-state index in [1.54, 1.807) is 0 Å². The van der Waals surface area contributed by atoms with Crippen LogP contribution in [-0.2, 0) is 17.6 Å². The van der Waals surface area contributed by atoms with Crippen LogP contribution in [0.3, 0.4) is 0 Å². The molecule has 2 N–H and O–H groups in total. The molecule has 0 bridgehead atoms. The van der Waals surface area contributed by atoms with Crippen LogP contribution in [0, 0.1) is 5.92 Å². The summed E-state index contributed by atoms with van der Waals surface area (Å²) in [5.41, 5.74) is 4.70. The minimum atomic E-state index is 0.0292. The number of nitrogens with one attached hydrogen (secondary N) is 2. The number of benzene rings is 1. The maximum atomic E-state index is 12.8. The van der Waals surface area contributed by atoms with Gasteiger partial charge in [0.05, 0.1) is 13.2 Å². The van der Waals surface area contributed by atoms with Crippen LogP contribution in [-0.4, -0.2) is 54.7 Å². The summed E-state index contributed by atoms with van der Waals surface area (Å²) in [5, 5.41) is 4.41. The summed E-state index contributed by atoms with van der Waals surface area (Å²) in [5.74, 6) is 0.518. The third kappa shape index (κ3) is 3.90. The molecule has 1 aliphatic carbocycles. The highest BCUT2D eigenvalue weighted by atomic mass is 16.5. The second-order valence-corrected chi connectivity index (χ2v) is 8.22. The average molecular weight is 370 g/mol. The van der Waals surface area contributed by atoms with Crippen molar-refractivity contribution in [2.75, 3.05) is 32.8 Å². The zero-order chi connectivity index (χ0) is 18.8. The van der Waals surface area contributed by atoms with Crippen molar-refractivity contribution in [3.05, 3.63) is 35.0 Å². The zero-order valence-corrected chi connectivity index (χ0v) is 16.5. The number of ether oxygens (including phenoxy) is 1. The van der Waals surface area contributed by atoms with Gasteiger partial charge in [-0.25, -0.2) is 0 Å². The van der Waals surface area contributed by atoms with Gasteiger partial charge in [0.2, 0.25) is 0 Å². The second-order valence-electron chi connectivity index (χ2n) is 8.22. The molecule has 27 heavy (non-hydrogen) atoms. The van der Waals surface area contributed by atoms with Gasteiger partial charge in [-0.2, -0.15) is 0 Å². The Bertz CT molecular complexity index is 805. The number of aromatic nitrogens is 1. The lowest BCUT2D eigenvalue weighted by Crippen LogP contribution is -2.51. The van der Waals surface area contributed by atoms with E-state index < -0.39 is 0 Å². The summed E-state index contributed by atoms with van der Waals surface area (Å²) in [6.07, 6.45) is 4.74. The molecule has 5 heteroatoms. The Kier molecular flexibility index (Phi) is 5.50. The van der Waals surface area contributed by atoms with E-state index in [0.717, 1.165) is 50.2 Å². The van der Waals surface area contributed by atoms with Crippen LogP contribution in [0.25, 0.3) is 10.9 Å². The Morgan fingerprint density at radius 1 is 1.22 bits per heavy atom. The van der Waals surface area contributed by atoms with Crippen LogP contribution in [0.4, 0.5) is 0 Å². The third-order valence-corrected chi connectivity index (χ3v) is 6.12. The molecule has 4 rings (SSSR count). The maximum Gasteiger partial charge on any atom is 0.251 e. The van der Waals surface area contributed by atoms with Gasteiger partial charge in [-0.1, -0.05) is 13.8 Å². The number of carbonyl (C=O) groups is 1. The van der Waals surface area contributed by atoms with Crippen molar-refractivity contribution in [2.45, 2.75) is 45.6 Å². The number of aryl methyl sites for hydroxylation is 2. The van der Waals surface area contributed by atoms with Crippen molar-refractivity contribution in [3.63, 3.8) is 0 Å². The van der Waals surface area contributed by atoms with Gasteiger partial charge >= 0.3 is 0 Å². The highest BCUT2D eigenvalue weighted by Gasteiger charge is 2.24. The molecule has 1 aromatic carbocycles. The van der Waals surface area contributed by atoms with Crippen LogP contribution in [0.5, 0.6) is 0 Å². The molecule has 0 spiro atoms. The zero-order valence-electron chi connectivity index (χ0n) is 16.5. The fourth-order valence-corrected chi connectivity index (χ4v) is 4.54. The van der Waals surface area contributed by atoms with Gasteiger partial charge in [0.1, 0.15) is 0 Å². The topological polar surface area (TPSA) is 57.4 Å². The molecule has 2 heterocycles. The Morgan fingerprint density at radius 2 is 2.00 bits per heavy atom. The first-order chi connectivity index (χ1) is 13.1. The van der Waals surface area contributed by atoms with Crippen molar-refractivity contribution in [2.24, 2.45) is 5.92 Å². The van der Waals surface area contributed by atoms with E-state index in [1.807, 2.05) is 6.07 Å². The van der Waals surface area contributed by atoms with Crippen molar-refractivity contribution >= 4 is 16.8 Å². The number of morpholine rings is 1. The first kappa shape index (κ1) is 18.5. The van der Waals surface area contributed by atoms with E-state index in [1.165, 1.54) is 29.5 Å². The number of amides is 1. The minimum absolute atomic E-state index is 0.0292. The summed E-state index contributed by atoms with van der Waals surface area (Å²) in [6, 6.07) is 6.43. The standard InChI is InChI=1S/C22H31N3O2/c1-15(2)21(25-9-11-27-12-10-25)14-23-22(26)16-7-8-20-18(13-16)17-5-3-4-6-19(17)24-20/h7-8,13,15,21,24H,3-6,9-12,14H2,1-2H3,(H,23,26)/t21-/m0/s1. The Balaban J connectivity index is 1.47. The van der Waals surface area contributed by atoms with Gasteiger partial charge in [-0.15, -0.1) is 0 Å². The molecule has 1 amide bonds. The number of hydrogen-bond acceptors (Lipinski definition) is 3. The fraction of sp³-hybridized carbons (Fsp3) is 0.591. The average Bonchev–Trinajstić information content (AvgIpc) is 3.06. The fourth-order valence-electron chi connectivity index (χ4n) is 4.54. The number of nitrogens with zero attached hydrogens (tertiary/aromatic N) is 1. The SMILES string of the molecule is CC(C)[C@H](CNC(=O)c1ccc2[nH]c3c(c2c1)CCCC3)N1CCOCC1. The third-order valence-electron chi connectivity index (χ3n) is 6.12. The first-order valence-electron chi connectivity index (χ1n) is 10.4. The van der Waals surface area contributed by atoms with E-state index in [4.69, 9.17) is 4.74 Å². The van der Waals surface area contributed by atoms with Gasteiger partial charge in [0.25, 0.3) is 5.91 Å². The van der Waals surface area contributed by atoms with Gasteiger partial charge in [0, 0.05) is 47.8 Å². The molecule has 0 radical (unpaired) electrons. The van der Waals surface area contributed by atoms with Crippen molar-refractivity contribution < 1.29 is 9.53 Å². The summed E-state index contributed by atoms with van der Waals surface area (Å²) in [4.78, 5) is 18.8. The monoisotopic (exact) mass is 369 g/mol. The van der Waals surface area contributed by atoms with E-state index in [2.05, 4.69) is 41.2 Å². The van der Waals surface area contributed by atoms with E-state index in [-0.39, 0.29) is 5.91 Å². The molecule has 0 saturated carbocycles. The summed E-state index contributed by atoms with van der Waals surface area (Å²) in [6.45, 7) is 8.59. The Hall–Kier alpha value is -1.85. The van der Waals surface area contributed by atoms with Crippen molar-refractivity contribution in [1.82, 2.24) is 15.2 Å². The van der Waals surface area contributed by atoms with Crippen LogP contribution >= 0.6 is 0 Å². The summed E-state index contributed by atoms with van der Waals surface area (Å²) in [7, 11) is 0. The molecular formula is C22H31N3O2. The largest absolute Gasteiger partial charge is 0.379 e. The van der Waals surface area contributed by atoms with Crippen LogP contribution < -0.4 is 5.32 Å². The predicted octanol–water partition coefficient (Wildman–Crippen LogP) is 3.13. The molecular weight excluding hydrogens is 338 g/mol. The lowest BCUT2D eigenvalue weighted by Gasteiger charge is -2.36. The Labute approximate surface area is 161 Å².